The third-order valence-electron chi connectivity index (χ3n) is 11.4. The summed E-state index contributed by atoms with van der Waals surface area (Å²) in [5.41, 5.74) is -6.07. The first-order valence-corrected chi connectivity index (χ1v) is 21.1. The Bertz CT molecular complexity index is 2080. The van der Waals surface area contributed by atoms with Gasteiger partial charge in [0.05, 0.1) is 42.4 Å². The molecule has 0 bridgehead atoms. The Kier molecular flexibility index (Phi) is 13.7. The van der Waals surface area contributed by atoms with Crippen molar-refractivity contribution in [3.63, 3.8) is 0 Å². The Morgan fingerprint density at radius 2 is 1.74 bits per heavy atom. The molecule has 3 aliphatic heterocycles. The van der Waals surface area contributed by atoms with Crippen LogP contribution >= 0.6 is 11.3 Å². The van der Waals surface area contributed by atoms with Gasteiger partial charge in [-0.2, -0.15) is 26.3 Å². The van der Waals surface area contributed by atoms with Crippen LogP contribution in [-0.2, 0) is 32.3 Å². The van der Waals surface area contributed by atoms with Gasteiger partial charge < -0.3 is 33.9 Å². The van der Waals surface area contributed by atoms with Crippen LogP contribution in [0.1, 0.15) is 98.5 Å². The highest BCUT2D eigenvalue weighted by Gasteiger charge is 2.57. The Morgan fingerprint density at radius 3 is 2.43 bits per heavy atom. The second kappa shape index (κ2) is 18.2. The molecular weight excluding hydrogens is 833 g/mol. The van der Waals surface area contributed by atoms with Crippen LogP contribution in [0.15, 0.2) is 60.1 Å². The summed E-state index contributed by atoms with van der Waals surface area (Å²) in [4.78, 5) is 47.8. The molecule has 18 heteroatoms. The van der Waals surface area contributed by atoms with Crippen molar-refractivity contribution in [2.24, 2.45) is 5.41 Å². The van der Waals surface area contributed by atoms with E-state index in [1.807, 2.05) is 0 Å². The summed E-state index contributed by atoms with van der Waals surface area (Å²) in [6.45, 7) is 5.32. The topological polar surface area (TPSA) is 128 Å². The first kappa shape index (κ1) is 45.7. The zero-order valence-electron chi connectivity index (χ0n) is 34.1. The second-order valence-electron chi connectivity index (χ2n) is 16.0. The molecule has 6 rings (SSSR count). The molecule has 2 amide bonds. The number of hydrogen-bond donors (Lipinski definition) is 1. The maximum Gasteiger partial charge on any atom is 0.425 e. The molecule has 0 spiro atoms. The van der Waals surface area contributed by atoms with E-state index in [0.29, 0.717) is 48.0 Å². The maximum atomic E-state index is 15.2. The summed E-state index contributed by atoms with van der Waals surface area (Å²) in [5, 5.41) is 13.2. The fourth-order valence-electron chi connectivity index (χ4n) is 8.08. The van der Waals surface area contributed by atoms with Crippen molar-refractivity contribution in [1.82, 2.24) is 14.8 Å². The first-order valence-electron chi connectivity index (χ1n) is 20.2. The van der Waals surface area contributed by atoms with Gasteiger partial charge in [-0.25, -0.2) is 4.98 Å². The van der Waals surface area contributed by atoms with E-state index < -0.39 is 68.7 Å². The monoisotopic (exact) mass is 881 g/mol. The third-order valence-corrected chi connectivity index (χ3v) is 12.4. The fraction of sp³-hybridized carbons (Fsp3) is 0.535. The molecule has 0 aliphatic carbocycles. The van der Waals surface area contributed by atoms with Gasteiger partial charge in [0.1, 0.15) is 21.9 Å². The van der Waals surface area contributed by atoms with Crippen LogP contribution in [0.25, 0.3) is 0 Å². The fourth-order valence-corrected chi connectivity index (χ4v) is 8.76. The number of aliphatic hydroxyl groups is 1. The first-order chi connectivity index (χ1) is 28.8. The van der Waals surface area contributed by atoms with E-state index in [1.54, 1.807) is 57.2 Å². The SMILES string of the molecule is CCOC(=O)C(C)(C)CCOc1ccccc1C1(O)CCN(C(=O)[C@]2(Oc3csc(C(F)(F)F)c3)CCCN3C(=O)c4c(C(F)(F)F)ccnc4OCCC/C=C\C[C@@H]32)CC1. The third kappa shape index (κ3) is 9.95. The predicted molar refractivity (Wildman–Crippen MR) is 211 cm³/mol. The molecule has 11 nitrogen and oxygen atoms in total. The molecule has 1 N–H and O–H groups in total. The van der Waals surface area contributed by atoms with Crippen molar-refractivity contribution >= 4 is 29.1 Å². The second-order valence-corrected chi connectivity index (χ2v) is 16.9. The molecule has 61 heavy (non-hydrogen) atoms. The number of fused-ring (bicyclic) bond motifs is 2. The number of allylic oxidation sites excluding steroid dienone is 1. The molecule has 0 radical (unpaired) electrons. The number of halogens is 6. The number of alkyl halides is 6. The number of ether oxygens (including phenoxy) is 4. The van der Waals surface area contributed by atoms with Crippen LogP contribution in [0.4, 0.5) is 26.3 Å². The summed E-state index contributed by atoms with van der Waals surface area (Å²) in [5.74, 6) is -2.62. The number of pyridine rings is 1. The number of hydrogen-bond acceptors (Lipinski definition) is 10. The van der Waals surface area contributed by atoms with Gasteiger partial charge in [0.2, 0.25) is 11.5 Å². The lowest BCUT2D eigenvalue weighted by Gasteiger charge is -2.51. The molecule has 3 aliphatic rings. The number of para-hydroxylation sites is 1. The van der Waals surface area contributed by atoms with Gasteiger partial charge in [-0.1, -0.05) is 30.4 Å². The van der Waals surface area contributed by atoms with Gasteiger partial charge >= 0.3 is 18.3 Å². The number of benzene rings is 1. The van der Waals surface area contributed by atoms with Crippen molar-refractivity contribution in [2.45, 2.75) is 102 Å². The summed E-state index contributed by atoms with van der Waals surface area (Å²) >= 11 is 0.357. The number of esters is 1. The van der Waals surface area contributed by atoms with E-state index in [-0.39, 0.29) is 83.3 Å². The van der Waals surface area contributed by atoms with Crippen molar-refractivity contribution < 1.29 is 64.8 Å². The quantitative estimate of drug-likeness (QED) is 0.121. The molecule has 3 aromatic rings. The number of piperidine rings is 2. The van der Waals surface area contributed by atoms with E-state index in [9.17, 15) is 41.0 Å². The standard InChI is InChI=1S/C43H49F6N3O8S/c1-4-57-38(55)39(2,3)19-25-58-31-13-9-8-12-29(31)40(56)17-22-51(23-18-40)37(54)41(60-28-26-33(61-27-28)43(47,48)49)16-11-21-52-32(41)14-7-5-6-10-24-59-35-34(36(52)53)30(15-20-50-35)42(44,45)46/h5,7-9,12-13,15,20,26-27,32,56H,4,6,10-11,14,16-19,21-25H2,1-3H3/b7-5-/t32-,41+/m1/s1. The average molecular weight is 882 g/mol. The molecule has 0 unspecified atom stereocenters. The van der Waals surface area contributed by atoms with E-state index in [0.717, 1.165) is 22.5 Å². The van der Waals surface area contributed by atoms with Crippen molar-refractivity contribution in [3.05, 3.63) is 81.7 Å². The minimum absolute atomic E-state index is 0.00126. The van der Waals surface area contributed by atoms with Crippen molar-refractivity contribution in [1.29, 1.82) is 0 Å². The van der Waals surface area contributed by atoms with Gasteiger partial charge in [-0.15, -0.1) is 11.3 Å². The van der Waals surface area contributed by atoms with Crippen LogP contribution in [0.5, 0.6) is 17.4 Å². The molecule has 2 atom stereocenters. The smallest absolute Gasteiger partial charge is 0.425 e. The van der Waals surface area contributed by atoms with E-state index in [2.05, 4.69) is 4.98 Å². The number of nitrogens with zero attached hydrogens (tertiary/aromatic N) is 3. The van der Waals surface area contributed by atoms with Gasteiger partial charge in [-0.05, 0) is 77.8 Å². The van der Waals surface area contributed by atoms with E-state index in [1.165, 1.54) is 4.90 Å². The zero-order chi connectivity index (χ0) is 44.2. The van der Waals surface area contributed by atoms with Gasteiger partial charge in [0.25, 0.3) is 11.8 Å². The Balaban J connectivity index is 1.34. The molecule has 1 aromatic carbocycles. The molecule has 2 aromatic heterocycles. The highest BCUT2D eigenvalue weighted by Crippen LogP contribution is 2.45. The minimum Gasteiger partial charge on any atom is -0.493 e. The number of amides is 2. The van der Waals surface area contributed by atoms with Crippen molar-refractivity contribution in [2.75, 3.05) is 39.5 Å². The predicted octanol–water partition coefficient (Wildman–Crippen LogP) is 8.59. The minimum atomic E-state index is -4.99. The van der Waals surface area contributed by atoms with Gasteiger partial charge in [-0.3, -0.25) is 14.4 Å². The average Bonchev–Trinajstić information content (AvgIpc) is 3.69. The van der Waals surface area contributed by atoms with E-state index in [4.69, 9.17) is 18.9 Å². The lowest BCUT2D eigenvalue weighted by atomic mass is 9.78. The van der Waals surface area contributed by atoms with Crippen LogP contribution in [-0.4, -0.2) is 88.8 Å². The Morgan fingerprint density at radius 1 is 1.00 bits per heavy atom. The lowest BCUT2D eigenvalue weighted by Crippen LogP contribution is -2.68. The molecule has 332 valence electrons. The van der Waals surface area contributed by atoms with Crippen LogP contribution in [0, 0.1) is 5.41 Å². The normalized spacial score (nSPS) is 21.8. The maximum absolute atomic E-state index is 15.2. The number of likely N-dealkylation sites (tertiary alicyclic amines) is 1. The number of carbonyl (C=O) groups is 3. The van der Waals surface area contributed by atoms with Gasteiger partial charge in [0, 0.05) is 49.3 Å². The van der Waals surface area contributed by atoms with Gasteiger partial charge in [0.15, 0.2) is 0 Å². The summed E-state index contributed by atoms with van der Waals surface area (Å²) in [6.07, 6.45) is -4.38. The number of rotatable bonds is 10. The molecule has 0 saturated carbocycles. The summed E-state index contributed by atoms with van der Waals surface area (Å²) in [7, 11) is 0. The summed E-state index contributed by atoms with van der Waals surface area (Å²) < 4.78 is 108. The largest absolute Gasteiger partial charge is 0.493 e. The Hall–Kier alpha value is -4.84. The molecule has 2 fully saturated rings. The lowest BCUT2D eigenvalue weighted by molar-refractivity contribution is -0.163. The highest BCUT2D eigenvalue weighted by molar-refractivity contribution is 7.10. The van der Waals surface area contributed by atoms with E-state index >= 15 is 4.79 Å². The highest BCUT2D eigenvalue weighted by atomic mass is 32.1. The number of carbonyl (C=O) groups excluding carboxylic acids is 3. The number of thiophene rings is 1. The molecule has 5 heterocycles. The van der Waals surface area contributed by atoms with Crippen LogP contribution in [0.3, 0.4) is 0 Å². The van der Waals surface area contributed by atoms with Crippen LogP contribution in [0.2, 0.25) is 0 Å². The zero-order valence-corrected chi connectivity index (χ0v) is 34.9. The summed E-state index contributed by atoms with van der Waals surface area (Å²) in [6, 6.07) is 7.00. The molecular formula is C43H49F6N3O8S. The van der Waals surface area contributed by atoms with Crippen molar-refractivity contribution in [3.8, 4) is 17.4 Å². The Labute approximate surface area is 353 Å². The number of aromatic nitrogens is 1. The molecule has 2 saturated heterocycles. The van der Waals surface area contributed by atoms with Crippen LogP contribution < -0.4 is 14.2 Å².